The molecule has 1 aromatic rings. The molecule has 1 rings (SSSR count). The van der Waals surface area contributed by atoms with Crippen molar-refractivity contribution in [2.45, 2.75) is 0 Å². The number of halogens is 1. The minimum Gasteiger partial charge on any atom is -0.285 e. The van der Waals surface area contributed by atoms with Crippen LogP contribution in [0.5, 0.6) is 0 Å². The summed E-state index contributed by atoms with van der Waals surface area (Å²) >= 11 is 0. The number of para-hydroxylation sites is 1. The molecule has 0 spiro atoms. The lowest BCUT2D eigenvalue weighted by atomic mass is 10.2. The Kier molecular flexibility index (Phi) is 2.14. The second-order valence-corrected chi connectivity index (χ2v) is 2.00. The van der Waals surface area contributed by atoms with Crippen molar-refractivity contribution in [2.24, 2.45) is 0 Å². The van der Waals surface area contributed by atoms with Gasteiger partial charge in [-0.15, -0.1) is 0 Å². The Labute approximate surface area is 66.8 Å². The van der Waals surface area contributed by atoms with E-state index in [9.17, 15) is 19.3 Å². The third-order valence-corrected chi connectivity index (χ3v) is 1.28. The van der Waals surface area contributed by atoms with Gasteiger partial charge in [-0.05, 0) is 12.1 Å². The molecule has 0 fully saturated rings. The average molecular weight is 168 g/mol. The molecule has 0 aliphatic rings. The molecule has 0 aromatic heterocycles. The summed E-state index contributed by atoms with van der Waals surface area (Å²) in [6.45, 7) is 0. The SMILES string of the molecule is O=[C]c1cccc(F)c1[N+](=O)[O-]. The number of hydrogen-bond donors (Lipinski definition) is 0. The number of nitro groups is 1. The maximum Gasteiger partial charge on any atom is 0.316 e. The second-order valence-electron chi connectivity index (χ2n) is 2.00. The van der Waals surface area contributed by atoms with Gasteiger partial charge in [-0.3, -0.25) is 14.9 Å². The number of hydrogen-bond acceptors (Lipinski definition) is 3. The zero-order valence-corrected chi connectivity index (χ0v) is 5.78. The molecule has 1 aromatic carbocycles. The summed E-state index contributed by atoms with van der Waals surface area (Å²) in [6, 6.07) is 3.26. The molecule has 4 nitrogen and oxygen atoms in total. The number of benzene rings is 1. The van der Waals surface area contributed by atoms with E-state index in [0.29, 0.717) is 0 Å². The normalized spacial score (nSPS) is 9.42. The third kappa shape index (κ3) is 1.29. The summed E-state index contributed by atoms with van der Waals surface area (Å²) in [7, 11) is 0. The highest BCUT2D eigenvalue weighted by Gasteiger charge is 2.19. The van der Waals surface area contributed by atoms with Crippen LogP contribution in [0, 0.1) is 15.9 Å². The molecule has 0 bridgehead atoms. The van der Waals surface area contributed by atoms with E-state index in [-0.39, 0.29) is 5.56 Å². The van der Waals surface area contributed by atoms with E-state index in [1.54, 1.807) is 0 Å². The van der Waals surface area contributed by atoms with E-state index in [1.807, 2.05) is 0 Å². The van der Waals surface area contributed by atoms with Gasteiger partial charge in [0.25, 0.3) is 0 Å². The van der Waals surface area contributed by atoms with Crippen LogP contribution in [0.4, 0.5) is 10.1 Å². The summed E-state index contributed by atoms with van der Waals surface area (Å²) in [5.74, 6) is -1.03. The zero-order valence-electron chi connectivity index (χ0n) is 5.78. The molecule has 5 heteroatoms. The van der Waals surface area contributed by atoms with Gasteiger partial charge in [0.15, 0.2) is 0 Å². The largest absolute Gasteiger partial charge is 0.316 e. The Morgan fingerprint density at radius 1 is 1.50 bits per heavy atom. The number of nitrogens with zero attached hydrogens (tertiary/aromatic N) is 1. The van der Waals surface area contributed by atoms with Crippen molar-refractivity contribution >= 4 is 12.0 Å². The molecule has 0 heterocycles. The van der Waals surface area contributed by atoms with E-state index in [1.165, 1.54) is 12.4 Å². The van der Waals surface area contributed by atoms with Crippen molar-refractivity contribution in [1.29, 1.82) is 0 Å². The number of nitro benzene ring substituents is 1. The fourth-order valence-corrected chi connectivity index (χ4v) is 0.783. The van der Waals surface area contributed by atoms with Crippen LogP contribution in [0.1, 0.15) is 5.56 Å². The fourth-order valence-electron chi connectivity index (χ4n) is 0.783. The Hall–Kier alpha value is -1.78. The Balaban J connectivity index is 3.39. The van der Waals surface area contributed by atoms with E-state index in [4.69, 9.17) is 0 Å². The molecular weight excluding hydrogens is 165 g/mol. The van der Waals surface area contributed by atoms with Gasteiger partial charge in [-0.2, -0.15) is 4.39 Å². The van der Waals surface area contributed by atoms with Gasteiger partial charge in [0.1, 0.15) is 5.56 Å². The molecule has 0 saturated heterocycles. The summed E-state index contributed by atoms with van der Waals surface area (Å²) in [6.07, 6.45) is 1.29. The average Bonchev–Trinajstić information content (AvgIpc) is 2.03. The van der Waals surface area contributed by atoms with Gasteiger partial charge in [0, 0.05) is 0 Å². The quantitative estimate of drug-likeness (QED) is 0.492. The van der Waals surface area contributed by atoms with Gasteiger partial charge < -0.3 is 0 Å². The van der Waals surface area contributed by atoms with Gasteiger partial charge >= 0.3 is 5.69 Å². The number of carbonyl (C=O) groups excluding carboxylic acids is 1. The maximum atomic E-state index is 12.7. The van der Waals surface area contributed by atoms with Crippen LogP contribution < -0.4 is 0 Å². The fraction of sp³-hybridized carbons (Fsp3) is 0. The molecule has 0 aliphatic carbocycles. The highest BCUT2D eigenvalue weighted by atomic mass is 19.1. The minimum atomic E-state index is -1.03. The van der Waals surface area contributed by atoms with Crippen LogP contribution in [-0.2, 0) is 4.79 Å². The molecule has 0 aliphatic heterocycles. The topological polar surface area (TPSA) is 60.2 Å². The van der Waals surface area contributed by atoms with E-state index < -0.39 is 16.4 Å². The highest BCUT2D eigenvalue weighted by Crippen LogP contribution is 2.19. The Morgan fingerprint density at radius 2 is 2.17 bits per heavy atom. The Morgan fingerprint density at radius 3 is 2.58 bits per heavy atom. The van der Waals surface area contributed by atoms with Crippen molar-refractivity contribution in [2.75, 3.05) is 0 Å². The molecular formula is C7H3FNO3. The van der Waals surface area contributed by atoms with E-state index >= 15 is 0 Å². The molecule has 0 saturated carbocycles. The molecule has 0 atom stereocenters. The first-order valence-corrected chi connectivity index (χ1v) is 2.98. The van der Waals surface area contributed by atoms with Crippen molar-refractivity contribution in [1.82, 2.24) is 0 Å². The molecule has 12 heavy (non-hydrogen) atoms. The van der Waals surface area contributed by atoms with Crippen molar-refractivity contribution in [3.63, 3.8) is 0 Å². The van der Waals surface area contributed by atoms with Crippen LogP contribution in [0.2, 0.25) is 0 Å². The van der Waals surface area contributed by atoms with Crippen LogP contribution in [0.3, 0.4) is 0 Å². The molecule has 0 unspecified atom stereocenters. The maximum absolute atomic E-state index is 12.7. The van der Waals surface area contributed by atoms with Crippen LogP contribution in [0.15, 0.2) is 18.2 Å². The summed E-state index contributed by atoms with van der Waals surface area (Å²) in [5.41, 5.74) is -1.20. The zero-order chi connectivity index (χ0) is 9.14. The third-order valence-electron chi connectivity index (χ3n) is 1.28. The summed E-state index contributed by atoms with van der Waals surface area (Å²) in [5, 5.41) is 10.2. The monoisotopic (exact) mass is 168 g/mol. The van der Waals surface area contributed by atoms with Crippen molar-refractivity contribution < 1.29 is 14.1 Å². The molecule has 0 N–H and O–H groups in total. The molecule has 61 valence electrons. The Bertz CT molecular complexity index is 337. The summed E-state index contributed by atoms with van der Waals surface area (Å²) in [4.78, 5) is 19.3. The van der Waals surface area contributed by atoms with Gasteiger partial charge in [-0.1, -0.05) is 6.07 Å². The van der Waals surface area contributed by atoms with E-state index in [2.05, 4.69) is 0 Å². The van der Waals surface area contributed by atoms with Gasteiger partial charge in [0.05, 0.1) is 4.92 Å². The lowest BCUT2D eigenvalue weighted by Gasteiger charge is -1.94. The minimum absolute atomic E-state index is 0.375. The first-order chi connectivity index (χ1) is 5.66. The standard InChI is InChI=1S/C7H3FNO3/c8-6-3-1-2-5(4-10)7(6)9(11)12/h1-3H. The summed E-state index contributed by atoms with van der Waals surface area (Å²) < 4.78 is 12.7. The smallest absolute Gasteiger partial charge is 0.285 e. The van der Waals surface area contributed by atoms with Crippen LogP contribution >= 0.6 is 0 Å². The van der Waals surface area contributed by atoms with Crippen molar-refractivity contribution in [3.8, 4) is 0 Å². The lowest BCUT2D eigenvalue weighted by Crippen LogP contribution is -1.97. The molecule has 0 amide bonds. The van der Waals surface area contributed by atoms with Crippen molar-refractivity contribution in [3.05, 3.63) is 39.7 Å². The first-order valence-electron chi connectivity index (χ1n) is 2.98. The first kappa shape index (κ1) is 8.32. The predicted molar refractivity (Wildman–Crippen MR) is 37.8 cm³/mol. The molecule has 1 radical (unpaired) electrons. The van der Waals surface area contributed by atoms with Gasteiger partial charge in [0.2, 0.25) is 12.1 Å². The van der Waals surface area contributed by atoms with Crippen LogP contribution in [0.25, 0.3) is 0 Å². The van der Waals surface area contributed by atoms with E-state index in [0.717, 1.165) is 12.1 Å². The lowest BCUT2D eigenvalue weighted by molar-refractivity contribution is -0.387. The highest BCUT2D eigenvalue weighted by molar-refractivity contribution is 5.81. The van der Waals surface area contributed by atoms with Gasteiger partial charge in [-0.25, -0.2) is 0 Å². The second kappa shape index (κ2) is 3.08. The number of rotatable bonds is 2. The van der Waals surface area contributed by atoms with Crippen LogP contribution in [-0.4, -0.2) is 11.2 Å². The predicted octanol–water partition coefficient (Wildman–Crippen LogP) is 1.19.